The maximum Gasteiger partial charge on any atom is 0.408 e. The van der Waals surface area contributed by atoms with Crippen molar-refractivity contribution in [2.75, 3.05) is 7.11 Å². The molecule has 2 aromatic carbocycles. The topological polar surface area (TPSA) is 76.7 Å². The Labute approximate surface area is 140 Å². The lowest BCUT2D eigenvalue weighted by Gasteiger charge is -2.17. The van der Waals surface area contributed by atoms with Crippen molar-refractivity contribution in [3.63, 3.8) is 0 Å². The summed E-state index contributed by atoms with van der Waals surface area (Å²) in [5, 5.41) is 2.57. The Kier molecular flexibility index (Phi) is 6.79. The predicted molar refractivity (Wildman–Crippen MR) is 88.8 cm³/mol. The zero-order valence-electron chi connectivity index (χ0n) is 13.4. The van der Waals surface area contributed by atoms with Crippen LogP contribution in [0.25, 0.3) is 0 Å². The molecule has 2 amide bonds. The minimum Gasteiger partial charge on any atom is -0.445 e. The number of rotatable bonds is 7. The van der Waals surface area contributed by atoms with E-state index in [0.29, 0.717) is 6.42 Å². The van der Waals surface area contributed by atoms with Gasteiger partial charge in [0.25, 0.3) is 5.91 Å². The van der Waals surface area contributed by atoms with Crippen molar-refractivity contribution in [3.8, 4) is 0 Å². The second-order valence-electron chi connectivity index (χ2n) is 5.12. The SMILES string of the molecule is CONC(=O)C(Cc1ccccc1)NC(=O)OCc1ccccc1. The molecule has 0 radical (unpaired) electrons. The van der Waals surface area contributed by atoms with Crippen LogP contribution in [0.2, 0.25) is 0 Å². The first-order valence-corrected chi connectivity index (χ1v) is 7.53. The van der Waals surface area contributed by atoms with Crippen LogP contribution in [0.15, 0.2) is 60.7 Å². The van der Waals surface area contributed by atoms with E-state index in [2.05, 4.69) is 15.6 Å². The van der Waals surface area contributed by atoms with E-state index < -0.39 is 18.0 Å². The van der Waals surface area contributed by atoms with E-state index in [9.17, 15) is 9.59 Å². The molecule has 2 N–H and O–H groups in total. The van der Waals surface area contributed by atoms with Gasteiger partial charge in [-0.25, -0.2) is 10.3 Å². The zero-order valence-corrected chi connectivity index (χ0v) is 13.4. The van der Waals surface area contributed by atoms with E-state index in [4.69, 9.17) is 4.74 Å². The van der Waals surface area contributed by atoms with Gasteiger partial charge < -0.3 is 10.1 Å². The fourth-order valence-corrected chi connectivity index (χ4v) is 2.14. The molecule has 24 heavy (non-hydrogen) atoms. The van der Waals surface area contributed by atoms with Crippen LogP contribution in [0, 0.1) is 0 Å². The third-order valence-corrected chi connectivity index (χ3v) is 3.31. The highest BCUT2D eigenvalue weighted by molar-refractivity contribution is 5.85. The molecule has 0 spiro atoms. The van der Waals surface area contributed by atoms with Crippen molar-refractivity contribution in [2.45, 2.75) is 19.1 Å². The molecule has 0 aliphatic rings. The molecule has 0 bridgehead atoms. The summed E-state index contributed by atoms with van der Waals surface area (Å²) < 4.78 is 5.15. The number of carbonyl (C=O) groups excluding carboxylic acids is 2. The highest BCUT2D eigenvalue weighted by atomic mass is 16.6. The maximum atomic E-state index is 12.1. The average molecular weight is 328 g/mol. The van der Waals surface area contributed by atoms with Gasteiger partial charge in [-0.2, -0.15) is 0 Å². The van der Waals surface area contributed by atoms with Gasteiger partial charge in [-0.1, -0.05) is 60.7 Å². The van der Waals surface area contributed by atoms with E-state index >= 15 is 0 Å². The molecule has 0 aliphatic carbocycles. The molecule has 6 nitrogen and oxygen atoms in total. The first-order valence-electron chi connectivity index (χ1n) is 7.53. The lowest BCUT2D eigenvalue weighted by atomic mass is 10.1. The van der Waals surface area contributed by atoms with Crippen molar-refractivity contribution in [3.05, 3.63) is 71.8 Å². The van der Waals surface area contributed by atoms with E-state index in [-0.39, 0.29) is 6.61 Å². The molecule has 6 heteroatoms. The summed E-state index contributed by atoms with van der Waals surface area (Å²) in [6.07, 6.45) is -0.331. The molecule has 1 unspecified atom stereocenters. The Balaban J connectivity index is 1.93. The summed E-state index contributed by atoms with van der Waals surface area (Å²) in [6.45, 7) is 0.136. The zero-order chi connectivity index (χ0) is 17.2. The minimum atomic E-state index is -0.796. The molecule has 0 fully saturated rings. The largest absolute Gasteiger partial charge is 0.445 e. The molecular weight excluding hydrogens is 308 g/mol. The van der Waals surface area contributed by atoms with Crippen LogP contribution in [0.4, 0.5) is 4.79 Å². The third kappa shape index (κ3) is 5.73. The van der Waals surface area contributed by atoms with Crippen molar-refractivity contribution in [1.29, 1.82) is 0 Å². The molecule has 0 heterocycles. The van der Waals surface area contributed by atoms with Crippen LogP contribution < -0.4 is 10.8 Å². The van der Waals surface area contributed by atoms with E-state index in [1.54, 1.807) is 0 Å². The van der Waals surface area contributed by atoms with Crippen molar-refractivity contribution >= 4 is 12.0 Å². The number of ether oxygens (including phenoxy) is 1. The Hall–Kier alpha value is -2.86. The van der Waals surface area contributed by atoms with E-state index in [1.807, 2.05) is 60.7 Å². The summed E-state index contributed by atoms with van der Waals surface area (Å²) in [5.74, 6) is -0.446. The third-order valence-electron chi connectivity index (χ3n) is 3.31. The molecule has 1 atom stereocenters. The molecule has 2 rings (SSSR count). The Morgan fingerprint density at radius 3 is 2.12 bits per heavy atom. The van der Waals surface area contributed by atoms with Gasteiger partial charge in [0.05, 0.1) is 7.11 Å². The second kappa shape index (κ2) is 9.32. The van der Waals surface area contributed by atoms with Gasteiger partial charge in [-0.15, -0.1) is 0 Å². The van der Waals surface area contributed by atoms with Gasteiger partial charge in [-0.05, 0) is 11.1 Å². The lowest BCUT2D eigenvalue weighted by Crippen LogP contribution is -2.47. The standard InChI is InChI=1S/C18H20N2O4/c1-23-20-17(21)16(12-14-8-4-2-5-9-14)19-18(22)24-13-15-10-6-3-7-11-15/h2-11,16H,12-13H2,1H3,(H,19,22)(H,20,21). The quantitative estimate of drug-likeness (QED) is 0.764. The van der Waals surface area contributed by atoms with Gasteiger partial charge in [-0.3, -0.25) is 9.63 Å². The monoisotopic (exact) mass is 328 g/mol. The van der Waals surface area contributed by atoms with Gasteiger partial charge in [0.15, 0.2) is 0 Å². The average Bonchev–Trinajstić information content (AvgIpc) is 2.61. The number of amides is 2. The van der Waals surface area contributed by atoms with Crippen LogP contribution in [-0.4, -0.2) is 25.2 Å². The summed E-state index contributed by atoms with van der Waals surface area (Å²) >= 11 is 0. The first kappa shape index (κ1) is 17.5. The van der Waals surface area contributed by atoms with Crippen LogP contribution in [0.1, 0.15) is 11.1 Å². The molecule has 0 aromatic heterocycles. The summed E-state index contributed by atoms with van der Waals surface area (Å²) in [6, 6.07) is 17.9. The number of nitrogens with one attached hydrogen (secondary N) is 2. The Bertz CT molecular complexity index is 647. The number of hydrogen-bond donors (Lipinski definition) is 2. The minimum absolute atomic E-state index is 0.136. The summed E-state index contributed by atoms with van der Waals surface area (Å²) in [5.41, 5.74) is 4.02. The van der Waals surface area contributed by atoms with Crippen LogP contribution in [0.3, 0.4) is 0 Å². The van der Waals surface area contributed by atoms with Crippen molar-refractivity contribution in [1.82, 2.24) is 10.8 Å². The fraction of sp³-hybridized carbons (Fsp3) is 0.222. The Morgan fingerprint density at radius 2 is 1.54 bits per heavy atom. The first-order chi connectivity index (χ1) is 11.7. The molecule has 126 valence electrons. The van der Waals surface area contributed by atoms with Crippen LogP contribution in [0.5, 0.6) is 0 Å². The predicted octanol–water partition coefficient (Wildman–Crippen LogP) is 2.20. The van der Waals surface area contributed by atoms with Crippen LogP contribution >= 0.6 is 0 Å². The van der Waals surface area contributed by atoms with Gasteiger partial charge >= 0.3 is 6.09 Å². The lowest BCUT2D eigenvalue weighted by molar-refractivity contribution is -0.133. The number of hydrogen-bond acceptors (Lipinski definition) is 4. The fourth-order valence-electron chi connectivity index (χ4n) is 2.14. The number of carbonyl (C=O) groups is 2. The van der Waals surface area contributed by atoms with Crippen LogP contribution in [-0.2, 0) is 27.4 Å². The van der Waals surface area contributed by atoms with E-state index in [1.165, 1.54) is 7.11 Å². The second-order valence-corrected chi connectivity index (χ2v) is 5.12. The highest BCUT2D eigenvalue weighted by Crippen LogP contribution is 2.05. The van der Waals surface area contributed by atoms with Gasteiger partial charge in [0.1, 0.15) is 12.6 Å². The molecule has 0 saturated carbocycles. The van der Waals surface area contributed by atoms with Gasteiger partial charge in [0, 0.05) is 6.42 Å². The number of alkyl carbamates (subject to hydrolysis) is 1. The van der Waals surface area contributed by atoms with Gasteiger partial charge in [0.2, 0.25) is 0 Å². The molecule has 0 aliphatic heterocycles. The molecule has 0 saturated heterocycles. The Morgan fingerprint density at radius 1 is 0.958 bits per heavy atom. The number of benzene rings is 2. The van der Waals surface area contributed by atoms with E-state index in [0.717, 1.165) is 11.1 Å². The van der Waals surface area contributed by atoms with Crippen molar-refractivity contribution < 1.29 is 19.2 Å². The number of hydroxylamine groups is 1. The summed E-state index contributed by atoms with van der Waals surface area (Å²) in [4.78, 5) is 28.7. The summed E-state index contributed by atoms with van der Waals surface area (Å²) in [7, 11) is 1.34. The van der Waals surface area contributed by atoms with Crippen molar-refractivity contribution in [2.24, 2.45) is 0 Å². The molecular formula is C18H20N2O4. The normalized spacial score (nSPS) is 11.4. The maximum absolute atomic E-state index is 12.1. The smallest absolute Gasteiger partial charge is 0.408 e. The highest BCUT2D eigenvalue weighted by Gasteiger charge is 2.22. The molecule has 2 aromatic rings.